The topological polar surface area (TPSA) is 22.0 Å². The number of nitrogens with zero attached hydrogens (tertiary/aromatic N) is 1. The van der Waals surface area contributed by atoms with Gasteiger partial charge in [0.15, 0.2) is 0 Å². The van der Waals surface area contributed by atoms with Crippen LogP contribution in [0.4, 0.5) is 0 Å². The van der Waals surface area contributed by atoms with E-state index in [4.69, 9.17) is 0 Å². The second kappa shape index (κ2) is 3.58. The molecule has 2 nitrogen and oxygen atoms in total. The molecule has 0 saturated heterocycles. The van der Waals surface area contributed by atoms with Gasteiger partial charge in [0.25, 0.3) is 0 Å². The number of aldehydes is 1. The molecule has 0 radical (unpaired) electrons. The number of aryl methyl sites for hydroxylation is 1. The van der Waals surface area contributed by atoms with Gasteiger partial charge >= 0.3 is 0 Å². The summed E-state index contributed by atoms with van der Waals surface area (Å²) in [5.41, 5.74) is 2.22. The Morgan fingerprint density at radius 2 is 2.29 bits per heavy atom. The van der Waals surface area contributed by atoms with Gasteiger partial charge in [0.1, 0.15) is 6.29 Å². The van der Waals surface area contributed by atoms with Gasteiger partial charge in [-0.2, -0.15) is 0 Å². The quantitative estimate of drug-likeness (QED) is 0.753. The molecule has 0 bridgehead atoms. The van der Waals surface area contributed by atoms with E-state index in [1.54, 1.807) is 0 Å². The molecule has 0 aliphatic carbocycles. The first-order valence-corrected chi connectivity index (χ1v) is 5.19. The number of halogens is 1. The molecule has 0 aliphatic rings. The van der Waals surface area contributed by atoms with E-state index >= 15 is 0 Å². The Balaban J connectivity index is 2.78. The van der Waals surface area contributed by atoms with Crippen LogP contribution in [0.2, 0.25) is 0 Å². The highest BCUT2D eigenvalue weighted by molar-refractivity contribution is 9.10. The third-order valence-electron chi connectivity index (χ3n) is 2.35. The van der Waals surface area contributed by atoms with E-state index in [9.17, 15) is 4.79 Å². The average molecular weight is 252 g/mol. The lowest BCUT2D eigenvalue weighted by atomic mass is 10.1. The molecule has 1 heterocycles. The van der Waals surface area contributed by atoms with Crippen molar-refractivity contribution in [3.63, 3.8) is 0 Å². The molecular formula is C11H10BrNO. The van der Waals surface area contributed by atoms with Gasteiger partial charge in [0.2, 0.25) is 0 Å². The predicted octanol–water partition coefficient (Wildman–Crippen LogP) is 2.68. The van der Waals surface area contributed by atoms with Crippen LogP contribution in [-0.2, 0) is 18.3 Å². The maximum Gasteiger partial charge on any atom is 0.124 e. The van der Waals surface area contributed by atoms with Crippen LogP contribution >= 0.6 is 15.9 Å². The molecule has 0 atom stereocenters. The number of hydrogen-bond donors (Lipinski definition) is 0. The zero-order chi connectivity index (χ0) is 10.1. The van der Waals surface area contributed by atoms with Crippen LogP contribution in [0.25, 0.3) is 10.9 Å². The molecule has 2 aromatic rings. The minimum Gasteiger partial charge on any atom is -0.350 e. The van der Waals surface area contributed by atoms with E-state index in [0.717, 1.165) is 27.2 Å². The third-order valence-corrected chi connectivity index (χ3v) is 3.01. The van der Waals surface area contributed by atoms with Gasteiger partial charge in [-0.3, -0.25) is 0 Å². The van der Waals surface area contributed by atoms with E-state index in [1.165, 1.54) is 0 Å². The molecule has 14 heavy (non-hydrogen) atoms. The lowest BCUT2D eigenvalue weighted by Gasteiger charge is -1.97. The lowest BCUT2D eigenvalue weighted by Crippen LogP contribution is -1.83. The molecule has 72 valence electrons. The molecule has 0 spiro atoms. The number of carbonyl (C=O) groups excluding carboxylic acids is 1. The zero-order valence-corrected chi connectivity index (χ0v) is 9.41. The number of hydrogen-bond acceptors (Lipinski definition) is 1. The van der Waals surface area contributed by atoms with Crippen LogP contribution in [0.3, 0.4) is 0 Å². The fourth-order valence-corrected chi connectivity index (χ4v) is 2.35. The van der Waals surface area contributed by atoms with E-state index in [-0.39, 0.29) is 0 Å². The van der Waals surface area contributed by atoms with Crippen molar-refractivity contribution in [2.45, 2.75) is 6.42 Å². The van der Waals surface area contributed by atoms with Gasteiger partial charge in [0, 0.05) is 35.0 Å². The zero-order valence-electron chi connectivity index (χ0n) is 7.83. The Labute approximate surface area is 90.7 Å². The van der Waals surface area contributed by atoms with Crippen LogP contribution in [-0.4, -0.2) is 10.9 Å². The highest BCUT2D eigenvalue weighted by atomic mass is 79.9. The third kappa shape index (κ3) is 1.38. The predicted molar refractivity (Wildman–Crippen MR) is 60.4 cm³/mol. The molecular weight excluding hydrogens is 242 g/mol. The van der Waals surface area contributed by atoms with Gasteiger partial charge in [0.05, 0.1) is 0 Å². The molecule has 2 rings (SSSR count). The summed E-state index contributed by atoms with van der Waals surface area (Å²) in [6.07, 6.45) is 3.41. The number of carbonyl (C=O) groups is 1. The number of benzene rings is 1. The summed E-state index contributed by atoms with van der Waals surface area (Å²) in [6, 6.07) is 6.04. The van der Waals surface area contributed by atoms with Gasteiger partial charge in [-0.15, -0.1) is 0 Å². The molecule has 1 aromatic heterocycles. The summed E-state index contributed by atoms with van der Waals surface area (Å²) in [6.45, 7) is 0. The normalized spacial score (nSPS) is 10.7. The lowest BCUT2D eigenvalue weighted by molar-refractivity contribution is -0.107. The number of fused-ring (bicyclic) bond motifs is 1. The Morgan fingerprint density at radius 3 is 3.00 bits per heavy atom. The highest BCUT2D eigenvalue weighted by Gasteiger charge is 2.08. The standard InChI is InChI=1S/C11H10BrNO/c1-13-7-8(5-6-14)11-9(12)3-2-4-10(11)13/h2-4,6-7H,5H2,1H3. The number of aromatic nitrogens is 1. The van der Waals surface area contributed by atoms with Crippen molar-refractivity contribution >= 4 is 33.1 Å². The summed E-state index contributed by atoms with van der Waals surface area (Å²) in [4.78, 5) is 10.5. The van der Waals surface area contributed by atoms with Gasteiger partial charge < -0.3 is 9.36 Å². The Morgan fingerprint density at radius 1 is 1.50 bits per heavy atom. The molecule has 0 aliphatic heterocycles. The maximum atomic E-state index is 10.5. The van der Waals surface area contributed by atoms with Crippen LogP contribution < -0.4 is 0 Å². The van der Waals surface area contributed by atoms with Crippen molar-refractivity contribution < 1.29 is 4.79 Å². The van der Waals surface area contributed by atoms with Gasteiger partial charge in [-0.05, 0) is 17.7 Å². The molecule has 0 fully saturated rings. The summed E-state index contributed by atoms with van der Waals surface area (Å²) in [5, 5.41) is 1.14. The fourth-order valence-electron chi connectivity index (χ4n) is 1.74. The molecule has 3 heteroatoms. The van der Waals surface area contributed by atoms with Crippen LogP contribution in [0.15, 0.2) is 28.9 Å². The van der Waals surface area contributed by atoms with Crippen molar-refractivity contribution in [2.24, 2.45) is 7.05 Å². The van der Waals surface area contributed by atoms with Crippen molar-refractivity contribution in [3.8, 4) is 0 Å². The monoisotopic (exact) mass is 251 g/mol. The van der Waals surface area contributed by atoms with Crippen molar-refractivity contribution in [1.82, 2.24) is 4.57 Å². The SMILES string of the molecule is Cn1cc(CC=O)c2c(Br)cccc21. The first-order valence-electron chi connectivity index (χ1n) is 4.40. The second-order valence-corrected chi connectivity index (χ2v) is 4.12. The Bertz CT molecular complexity index is 487. The van der Waals surface area contributed by atoms with Crippen LogP contribution in [0, 0.1) is 0 Å². The molecule has 1 aromatic carbocycles. The first-order chi connectivity index (χ1) is 6.74. The summed E-state index contributed by atoms with van der Waals surface area (Å²) < 4.78 is 3.09. The smallest absolute Gasteiger partial charge is 0.124 e. The highest BCUT2D eigenvalue weighted by Crippen LogP contribution is 2.28. The molecule has 0 amide bonds. The van der Waals surface area contributed by atoms with E-state index in [2.05, 4.69) is 15.9 Å². The Hall–Kier alpha value is -1.09. The first kappa shape index (κ1) is 9.46. The second-order valence-electron chi connectivity index (χ2n) is 3.27. The largest absolute Gasteiger partial charge is 0.350 e. The van der Waals surface area contributed by atoms with E-state index < -0.39 is 0 Å². The number of rotatable bonds is 2. The summed E-state index contributed by atoms with van der Waals surface area (Å²) in [7, 11) is 1.99. The summed E-state index contributed by atoms with van der Waals surface area (Å²) in [5.74, 6) is 0. The van der Waals surface area contributed by atoms with E-state index in [0.29, 0.717) is 6.42 Å². The van der Waals surface area contributed by atoms with Crippen molar-refractivity contribution in [2.75, 3.05) is 0 Å². The molecule has 0 unspecified atom stereocenters. The maximum absolute atomic E-state index is 10.5. The van der Waals surface area contributed by atoms with Crippen LogP contribution in [0.5, 0.6) is 0 Å². The fraction of sp³-hybridized carbons (Fsp3) is 0.182. The van der Waals surface area contributed by atoms with Crippen molar-refractivity contribution in [1.29, 1.82) is 0 Å². The molecule has 0 N–H and O–H groups in total. The van der Waals surface area contributed by atoms with Crippen molar-refractivity contribution in [3.05, 3.63) is 34.4 Å². The average Bonchev–Trinajstić information content (AvgIpc) is 2.46. The summed E-state index contributed by atoms with van der Waals surface area (Å²) >= 11 is 3.50. The van der Waals surface area contributed by atoms with Crippen LogP contribution in [0.1, 0.15) is 5.56 Å². The molecule has 0 saturated carbocycles. The minimum atomic E-state index is 0.472. The van der Waals surface area contributed by atoms with Gasteiger partial charge in [-0.25, -0.2) is 0 Å². The Kier molecular flexibility index (Phi) is 2.42. The van der Waals surface area contributed by atoms with E-state index in [1.807, 2.05) is 36.0 Å². The van der Waals surface area contributed by atoms with Gasteiger partial charge in [-0.1, -0.05) is 22.0 Å². The minimum absolute atomic E-state index is 0.472.